The molecule has 0 nitrogen and oxygen atoms in total. The lowest BCUT2D eigenvalue weighted by atomic mass is 9.90. The van der Waals surface area contributed by atoms with Gasteiger partial charge in [-0.25, -0.2) is 0 Å². The molecule has 0 aliphatic rings. The maximum atomic E-state index is 12.7. The van der Waals surface area contributed by atoms with E-state index in [-0.39, 0.29) is 5.56 Å². The number of benzene rings is 1. The summed E-state index contributed by atoms with van der Waals surface area (Å²) >= 11 is 5.56. The van der Waals surface area contributed by atoms with Crippen LogP contribution in [0.4, 0.5) is 26.3 Å². The van der Waals surface area contributed by atoms with E-state index in [0.717, 1.165) is 5.56 Å². The van der Waals surface area contributed by atoms with Crippen molar-refractivity contribution in [3.05, 3.63) is 34.4 Å². The van der Waals surface area contributed by atoms with Gasteiger partial charge in [0.2, 0.25) is 0 Å². The van der Waals surface area contributed by atoms with Gasteiger partial charge in [-0.15, -0.1) is 11.6 Å². The molecule has 0 bridgehead atoms. The smallest absolute Gasteiger partial charge is 0.170 e. The van der Waals surface area contributed by atoms with Gasteiger partial charge in [-0.3, -0.25) is 0 Å². The molecule has 0 aliphatic heterocycles. The SMILES string of the molecule is Cc1cc(C)c(C(Cl)C(C(F)(F)F)C(F)(F)F)c(C)c1. The summed E-state index contributed by atoms with van der Waals surface area (Å²) in [6, 6.07) is 3.03. The van der Waals surface area contributed by atoms with Crippen LogP contribution in [-0.2, 0) is 0 Å². The highest BCUT2D eigenvalue weighted by Gasteiger charge is 2.60. The molecule has 1 aromatic rings. The monoisotopic (exact) mass is 318 g/mol. The van der Waals surface area contributed by atoms with Crippen LogP contribution in [0.5, 0.6) is 0 Å². The number of rotatable bonds is 2. The first-order valence-electron chi connectivity index (χ1n) is 5.71. The second-order valence-electron chi connectivity index (χ2n) is 4.78. The highest BCUT2D eigenvalue weighted by molar-refractivity contribution is 6.21. The van der Waals surface area contributed by atoms with Crippen LogP contribution in [0.1, 0.15) is 27.6 Å². The molecular formula is C13H13ClF6. The average Bonchev–Trinajstić information content (AvgIpc) is 2.09. The Hall–Kier alpha value is -0.910. The fourth-order valence-electron chi connectivity index (χ4n) is 2.31. The fraction of sp³-hybridized carbons (Fsp3) is 0.538. The van der Waals surface area contributed by atoms with Crippen LogP contribution < -0.4 is 0 Å². The van der Waals surface area contributed by atoms with Gasteiger partial charge in [0.15, 0.2) is 5.92 Å². The number of hydrogen-bond donors (Lipinski definition) is 0. The number of halogens is 7. The normalized spacial score (nSPS) is 14.8. The Labute approximate surface area is 117 Å². The molecule has 0 fully saturated rings. The Bertz CT molecular complexity index is 452. The minimum atomic E-state index is -5.45. The molecule has 1 aromatic carbocycles. The molecule has 0 N–H and O–H groups in total. The predicted octanol–water partition coefficient (Wildman–Crippen LogP) is 5.63. The van der Waals surface area contributed by atoms with Crippen LogP contribution in [0, 0.1) is 26.7 Å². The van der Waals surface area contributed by atoms with Crippen LogP contribution in [0.2, 0.25) is 0 Å². The van der Waals surface area contributed by atoms with Gasteiger partial charge >= 0.3 is 12.4 Å². The molecule has 7 heteroatoms. The van der Waals surface area contributed by atoms with Crippen molar-refractivity contribution in [3.63, 3.8) is 0 Å². The predicted molar refractivity (Wildman–Crippen MR) is 64.8 cm³/mol. The molecule has 0 saturated heterocycles. The highest BCUT2D eigenvalue weighted by Crippen LogP contribution is 2.50. The molecule has 114 valence electrons. The third kappa shape index (κ3) is 3.59. The molecule has 20 heavy (non-hydrogen) atoms. The van der Waals surface area contributed by atoms with Crippen molar-refractivity contribution in [2.24, 2.45) is 5.92 Å². The van der Waals surface area contributed by atoms with E-state index in [4.69, 9.17) is 11.6 Å². The first-order chi connectivity index (χ1) is 8.85. The summed E-state index contributed by atoms with van der Waals surface area (Å²) < 4.78 is 76.1. The molecule has 0 saturated carbocycles. The molecule has 0 spiro atoms. The third-order valence-electron chi connectivity index (χ3n) is 3.01. The Kier molecular flexibility index (Phi) is 4.69. The summed E-state index contributed by atoms with van der Waals surface area (Å²) in [4.78, 5) is 0. The van der Waals surface area contributed by atoms with Crippen LogP contribution in [0.25, 0.3) is 0 Å². The minimum absolute atomic E-state index is 0.114. The first-order valence-corrected chi connectivity index (χ1v) is 6.14. The van der Waals surface area contributed by atoms with E-state index in [1.54, 1.807) is 6.92 Å². The average molecular weight is 319 g/mol. The number of alkyl halides is 7. The van der Waals surface area contributed by atoms with Gasteiger partial charge in [-0.1, -0.05) is 17.7 Å². The molecule has 1 unspecified atom stereocenters. The highest BCUT2D eigenvalue weighted by atomic mass is 35.5. The largest absolute Gasteiger partial charge is 0.402 e. The Morgan fingerprint density at radius 3 is 1.50 bits per heavy atom. The number of aryl methyl sites for hydroxylation is 3. The zero-order chi connectivity index (χ0) is 15.9. The van der Waals surface area contributed by atoms with Crippen molar-refractivity contribution in [1.29, 1.82) is 0 Å². The van der Waals surface area contributed by atoms with Gasteiger partial charge in [-0.05, 0) is 37.5 Å². The second-order valence-corrected chi connectivity index (χ2v) is 5.25. The van der Waals surface area contributed by atoms with E-state index in [1.807, 2.05) is 0 Å². The Morgan fingerprint density at radius 1 is 0.850 bits per heavy atom. The number of hydrogen-bond acceptors (Lipinski definition) is 0. The fourth-order valence-corrected chi connectivity index (χ4v) is 2.94. The van der Waals surface area contributed by atoms with E-state index >= 15 is 0 Å². The Balaban J connectivity index is 3.38. The maximum absolute atomic E-state index is 12.7. The van der Waals surface area contributed by atoms with Crippen molar-refractivity contribution in [2.75, 3.05) is 0 Å². The molecule has 1 atom stereocenters. The van der Waals surface area contributed by atoms with Crippen LogP contribution >= 0.6 is 11.6 Å². The summed E-state index contributed by atoms with van der Waals surface area (Å²) in [5.41, 5.74) is 1.28. The maximum Gasteiger partial charge on any atom is 0.402 e. The lowest BCUT2D eigenvalue weighted by molar-refractivity contribution is -0.284. The third-order valence-corrected chi connectivity index (χ3v) is 3.48. The van der Waals surface area contributed by atoms with Gasteiger partial charge in [0.05, 0.1) is 5.38 Å². The van der Waals surface area contributed by atoms with E-state index < -0.39 is 23.6 Å². The van der Waals surface area contributed by atoms with Crippen LogP contribution in [-0.4, -0.2) is 12.4 Å². The van der Waals surface area contributed by atoms with Crippen molar-refractivity contribution in [2.45, 2.75) is 38.5 Å². The topological polar surface area (TPSA) is 0 Å². The van der Waals surface area contributed by atoms with Crippen LogP contribution in [0.3, 0.4) is 0 Å². The van der Waals surface area contributed by atoms with Gasteiger partial charge in [0.25, 0.3) is 0 Å². The van der Waals surface area contributed by atoms with Gasteiger partial charge in [0, 0.05) is 0 Å². The standard InChI is InChI=1S/C13H13ClF6/c1-6-4-7(2)9(8(3)5-6)10(14)11(12(15,16)17)13(18,19)20/h4-5,10-11H,1-3H3. The zero-order valence-corrected chi connectivity index (χ0v) is 11.7. The van der Waals surface area contributed by atoms with Crippen molar-refractivity contribution < 1.29 is 26.3 Å². The van der Waals surface area contributed by atoms with E-state index in [9.17, 15) is 26.3 Å². The second kappa shape index (κ2) is 5.47. The van der Waals surface area contributed by atoms with E-state index in [2.05, 4.69) is 0 Å². The zero-order valence-electron chi connectivity index (χ0n) is 11.0. The lowest BCUT2D eigenvalue weighted by Crippen LogP contribution is -2.39. The summed E-state index contributed by atoms with van der Waals surface area (Å²) in [5.74, 6) is -3.59. The van der Waals surface area contributed by atoms with E-state index in [0.29, 0.717) is 11.1 Å². The summed E-state index contributed by atoms with van der Waals surface area (Å²) in [7, 11) is 0. The molecule has 0 aromatic heterocycles. The summed E-state index contributed by atoms with van der Waals surface area (Å²) in [5, 5.41) is -2.20. The van der Waals surface area contributed by atoms with Crippen molar-refractivity contribution in [3.8, 4) is 0 Å². The lowest BCUT2D eigenvalue weighted by Gasteiger charge is -2.29. The van der Waals surface area contributed by atoms with Gasteiger partial charge in [0.1, 0.15) is 0 Å². The van der Waals surface area contributed by atoms with Gasteiger partial charge in [-0.2, -0.15) is 26.3 Å². The quantitative estimate of drug-likeness (QED) is 0.489. The molecule has 0 radical (unpaired) electrons. The first kappa shape index (κ1) is 17.1. The van der Waals surface area contributed by atoms with E-state index in [1.165, 1.54) is 26.0 Å². The van der Waals surface area contributed by atoms with Crippen molar-refractivity contribution >= 4 is 11.6 Å². The van der Waals surface area contributed by atoms with Crippen LogP contribution in [0.15, 0.2) is 12.1 Å². The minimum Gasteiger partial charge on any atom is -0.170 e. The molecule has 0 aliphatic carbocycles. The van der Waals surface area contributed by atoms with Crippen molar-refractivity contribution in [1.82, 2.24) is 0 Å². The molecule has 0 heterocycles. The molecule has 0 amide bonds. The summed E-state index contributed by atoms with van der Waals surface area (Å²) in [6.45, 7) is 4.61. The molecular weight excluding hydrogens is 306 g/mol. The summed E-state index contributed by atoms with van der Waals surface area (Å²) in [6.07, 6.45) is -10.9. The molecule has 1 rings (SSSR count). The van der Waals surface area contributed by atoms with Gasteiger partial charge < -0.3 is 0 Å². The Morgan fingerprint density at radius 2 is 1.20 bits per heavy atom.